The van der Waals surface area contributed by atoms with E-state index >= 15 is 0 Å². The highest BCUT2D eigenvalue weighted by molar-refractivity contribution is 14.1. The van der Waals surface area contributed by atoms with Gasteiger partial charge in [0.2, 0.25) is 5.78 Å². The second-order valence-electron chi connectivity index (χ2n) is 3.15. The third-order valence-corrected chi connectivity index (χ3v) is 3.48. The summed E-state index contributed by atoms with van der Waals surface area (Å²) >= 11 is 3.79. The van der Waals surface area contributed by atoms with Crippen LogP contribution in [0.5, 0.6) is 0 Å². The molecule has 0 bridgehead atoms. The van der Waals surface area contributed by atoms with Crippen molar-refractivity contribution in [3.63, 3.8) is 0 Å². The minimum absolute atomic E-state index is 0.148. The van der Waals surface area contributed by atoms with Crippen LogP contribution in [0.4, 0.5) is 13.2 Å². The van der Waals surface area contributed by atoms with Crippen LogP contribution >= 0.6 is 45.2 Å². The molecular weight excluding hydrogens is 463 g/mol. The van der Waals surface area contributed by atoms with Gasteiger partial charge in [-0.3, -0.25) is 9.59 Å². The second kappa shape index (κ2) is 5.63. The van der Waals surface area contributed by atoms with Crippen molar-refractivity contribution in [1.29, 1.82) is 0 Å². The van der Waals surface area contributed by atoms with Gasteiger partial charge < -0.3 is 0 Å². The smallest absolute Gasteiger partial charge is 0.294 e. The Bertz CT molecular complexity index is 469. The summed E-state index contributed by atoms with van der Waals surface area (Å²) in [6.07, 6.45) is -6.09. The molecule has 0 N–H and O–H groups in total. The Hall–Kier alpha value is -0.190. The lowest BCUT2D eigenvalue weighted by molar-refractivity contribution is -0.170. The highest BCUT2D eigenvalue weighted by Crippen LogP contribution is 2.22. The lowest BCUT2D eigenvalue weighted by Gasteiger charge is -2.06. The molecule has 0 aromatic heterocycles. The van der Waals surface area contributed by atoms with Gasteiger partial charge in [-0.15, -0.1) is 0 Å². The van der Waals surface area contributed by atoms with Crippen LogP contribution in [0.3, 0.4) is 0 Å². The normalized spacial score (nSPS) is 11.4. The molecule has 0 spiro atoms. The number of ketones is 2. The van der Waals surface area contributed by atoms with E-state index in [0.29, 0.717) is 3.57 Å². The van der Waals surface area contributed by atoms with Gasteiger partial charge >= 0.3 is 6.18 Å². The van der Waals surface area contributed by atoms with Gasteiger partial charge in [0.1, 0.15) is 0 Å². The standard InChI is InChI=1S/C10H5F3I2O2/c11-10(12,13)9(17)4-8(16)6-3-5(14)1-2-7(6)15/h1-3H,4H2. The van der Waals surface area contributed by atoms with Crippen molar-refractivity contribution in [1.82, 2.24) is 0 Å². The van der Waals surface area contributed by atoms with Crippen LogP contribution in [0.15, 0.2) is 18.2 Å². The summed E-state index contributed by atoms with van der Waals surface area (Å²) in [6.45, 7) is 0. The van der Waals surface area contributed by atoms with E-state index < -0.39 is 24.2 Å². The van der Waals surface area contributed by atoms with Crippen LogP contribution < -0.4 is 0 Å². The van der Waals surface area contributed by atoms with Crippen molar-refractivity contribution in [2.45, 2.75) is 12.6 Å². The second-order valence-corrected chi connectivity index (χ2v) is 5.55. The molecule has 0 aliphatic heterocycles. The fourth-order valence-corrected chi connectivity index (χ4v) is 2.18. The highest BCUT2D eigenvalue weighted by Gasteiger charge is 2.39. The fourth-order valence-electron chi connectivity index (χ4n) is 1.05. The van der Waals surface area contributed by atoms with E-state index in [2.05, 4.69) is 0 Å². The molecule has 92 valence electrons. The van der Waals surface area contributed by atoms with E-state index in [0.717, 1.165) is 3.57 Å². The number of hydrogen-bond donors (Lipinski definition) is 0. The van der Waals surface area contributed by atoms with Gasteiger partial charge in [0.25, 0.3) is 0 Å². The van der Waals surface area contributed by atoms with Crippen LogP contribution in [0, 0.1) is 7.14 Å². The number of halogens is 5. The van der Waals surface area contributed by atoms with E-state index in [4.69, 9.17) is 0 Å². The van der Waals surface area contributed by atoms with Gasteiger partial charge in [0, 0.05) is 12.7 Å². The number of benzene rings is 1. The Kier molecular flexibility index (Phi) is 4.93. The van der Waals surface area contributed by atoms with Crippen molar-refractivity contribution >= 4 is 56.7 Å². The average Bonchev–Trinajstić information content (AvgIpc) is 2.20. The molecule has 0 heterocycles. The number of carbonyl (C=O) groups excluding carboxylic acids is 2. The molecule has 0 saturated carbocycles. The van der Waals surface area contributed by atoms with E-state index in [9.17, 15) is 22.8 Å². The lowest BCUT2D eigenvalue weighted by Crippen LogP contribution is -2.25. The summed E-state index contributed by atoms with van der Waals surface area (Å²) in [6, 6.07) is 4.81. The zero-order valence-electron chi connectivity index (χ0n) is 8.15. The van der Waals surface area contributed by atoms with E-state index in [1.807, 2.05) is 45.2 Å². The molecule has 0 saturated heterocycles. The molecule has 7 heteroatoms. The lowest BCUT2D eigenvalue weighted by atomic mass is 10.1. The molecule has 0 aliphatic carbocycles. The summed E-state index contributed by atoms with van der Waals surface area (Å²) in [7, 11) is 0. The molecular formula is C10H5F3I2O2. The predicted molar refractivity (Wildman–Crippen MR) is 71.9 cm³/mol. The summed E-state index contributed by atoms with van der Waals surface area (Å²) in [5, 5.41) is 0. The SMILES string of the molecule is O=C(CC(=O)C(F)(F)F)c1cc(I)ccc1I. The van der Waals surface area contributed by atoms with Crippen LogP contribution in [0.1, 0.15) is 16.8 Å². The molecule has 0 fully saturated rings. The summed E-state index contributed by atoms with van der Waals surface area (Å²) < 4.78 is 37.3. The topological polar surface area (TPSA) is 34.1 Å². The van der Waals surface area contributed by atoms with Gasteiger partial charge in [0.15, 0.2) is 5.78 Å². The van der Waals surface area contributed by atoms with Crippen LogP contribution in [-0.4, -0.2) is 17.7 Å². The first-order valence-corrected chi connectivity index (χ1v) is 6.46. The molecule has 0 unspecified atom stereocenters. The number of alkyl halides is 3. The molecule has 1 rings (SSSR count). The van der Waals surface area contributed by atoms with Gasteiger partial charge in [0.05, 0.1) is 6.42 Å². The van der Waals surface area contributed by atoms with Crippen molar-refractivity contribution in [2.75, 3.05) is 0 Å². The van der Waals surface area contributed by atoms with Crippen molar-refractivity contribution in [3.05, 3.63) is 30.9 Å². The van der Waals surface area contributed by atoms with Gasteiger partial charge in [-0.2, -0.15) is 13.2 Å². The molecule has 0 amide bonds. The average molecular weight is 468 g/mol. The third-order valence-electron chi connectivity index (χ3n) is 1.87. The zero-order valence-corrected chi connectivity index (χ0v) is 12.5. The largest absolute Gasteiger partial charge is 0.450 e. The number of rotatable bonds is 3. The van der Waals surface area contributed by atoms with E-state index in [-0.39, 0.29) is 5.56 Å². The van der Waals surface area contributed by atoms with Gasteiger partial charge in [-0.05, 0) is 63.4 Å². The van der Waals surface area contributed by atoms with Crippen LogP contribution in [0.25, 0.3) is 0 Å². The van der Waals surface area contributed by atoms with Crippen molar-refractivity contribution in [2.24, 2.45) is 0 Å². The first-order chi connectivity index (χ1) is 7.71. The fraction of sp³-hybridized carbons (Fsp3) is 0.200. The Labute approximate surface area is 122 Å². The van der Waals surface area contributed by atoms with Crippen LogP contribution in [0.2, 0.25) is 0 Å². The third kappa shape index (κ3) is 4.19. The minimum Gasteiger partial charge on any atom is -0.294 e. The first-order valence-electron chi connectivity index (χ1n) is 4.30. The maximum absolute atomic E-state index is 12.0. The molecule has 17 heavy (non-hydrogen) atoms. The zero-order chi connectivity index (χ0) is 13.2. The molecule has 0 atom stereocenters. The van der Waals surface area contributed by atoms with Crippen LogP contribution in [-0.2, 0) is 4.79 Å². The quantitative estimate of drug-likeness (QED) is 0.387. The van der Waals surface area contributed by atoms with Gasteiger partial charge in [-0.1, -0.05) is 0 Å². The Morgan fingerprint density at radius 2 is 1.76 bits per heavy atom. The maximum atomic E-state index is 12.0. The predicted octanol–water partition coefficient (Wildman–Crippen LogP) is 3.60. The van der Waals surface area contributed by atoms with Crippen molar-refractivity contribution in [3.8, 4) is 0 Å². The Morgan fingerprint density at radius 1 is 1.18 bits per heavy atom. The Balaban J connectivity index is 2.91. The van der Waals surface area contributed by atoms with Crippen molar-refractivity contribution < 1.29 is 22.8 Å². The van der Waals surface area contributed by atoms with E-state index in [1.54, 1.807) is 12.1 Å². The molecule has 2 nitrogen and oxygen atoms in total. The molecule has 0 radical (unpaired) electrons. The number of hydrogen-bond acceptors (Lipinski definition) is 2. The first kappa shape index (κ1) is 14.9. The number of Topliss-reactive ketones (excluding diaryl/α,β-unsaturated/α-hetero) is 2. The monoisotopic (exact) mass is 468 g/mol. The molecule has 1 aromatic carbocycles. The molecule has 1 aromatic rings. The van der Waals surface area contributed by atoms with Gasteiger partial charge in [-0.25, -0.2) is 0 Å². The highest BCUT2D eigenvalue weighted by atomic mass is 127. The number of carbonyl (C=O) groups is 2. The summed E-state index contributed by atoms with van der Waals surface area (Å²) in [5.41, 5.74) is 0.148. The maximum Gasteiger partial charge on any atom is 0.450 e. The summed E-state index contributed by atoms with van der Waals surface area (Å²) in [5.74, 6) is -2.83. The summed E-state index contributed by atoms with van der Waals surface area (Å²) in [4.78, 5) is 22.2. The molecule has 0 aliphatic rings. The van der Waals surface area contributed by atoms with E-state index in [1.165, 1.54) is 6.07 Å². The minimum atomic E-state index is -4.96. The Morgan fingerprint density at radius 3 is 2.29 bits per heavy atom.